The number of ether oxygens (including phenoxy) is 1. The summed E-state index contributed by atoms with van der Waals surface area (Å²) in [6, 6.07) is 5.63. The maximum absolute atomic E-state index is 12.5. The number of rotatable bonds is 3. The first-order valence-corrected chi connectivity index (χ1v) is 6.38. The summed E-state index contributed by atoms with van der Waals surface area (Å²) >= 11 is 0. The number of methoxy groups -OCH3 is 1. The summed E-state index contributed by atoms with van der Waals surface area (Å²) in [5.41, 5.74) is 0.186. The standard InChI is InChI=1S/C15H21NO3/c1-14(2,18)9-15(3)11-8-10(19-5)6-7-12(11)16(4)13(15)17/h6-8,18H,9H2,1-5H3/t15-/m0/s1. The third-order valence-electron chi connectivity index (χ3n) is 3.72. The number of hydrogen-bond acceptors (Lipinski definition) is 3. The summed E-state index contributed by atoms with van der Waals surface area (Å²) in [6.07, 6.45) is 0.378. The fourth-order valence-electron chi connectivity index (χ4n) is 3.01. The Balaban J connectivity index is 2.56. The molecule has 0 aliphatic carbocycles. The molecule has 0 spiro atoms. The van der Waals surface area contributed by atoms with Crippen molar-refractivity contribution in [2.75, 3.05) is 19.1 Å². The van der Waals surface area contributed by atoms with Crippen molar-refractivity contribution in [3.63, 3.8) is 0 Å². The van der Waals surface area contributed by atoms with Crippen LogP contribution < -0.4 is 9.64 Å². The zero-order valence-electron chi connectivity index (χ0n) is 12.2. The number of nitrogens with zero attached hydrogens (tertiary/aromatic N) is 1. The predicted molar refractivity (Wildman–Crippen MR) is 74.7 cm³/mol. The van der Waals surface area contributed by atoms with E-state index in [1.54, 1.807) is 32.9 Å². The Morgan fingerprint density at radius 2 is 2.05 bits per heavy atom. The summed E-state index contributed by atoms with van der Waals surface area (Å²) in [5, 5.41) is 10.1. The van der Waals surface area contributed by atoms with E-state index in [4.69, 9.17) is 4.74 Å². The van der Waals surface area contributed by atoms with Crippen molar-refractivity contribution < 1.29 is 14.6 Å². The van der Waals surface area contributed by atoms with Gasteiger partial charge in [0.15, 0.2) is 0 Å². The zero-order valence-corrected chi connectivity index (χ0v) is 12.2. The number of likely N-dealkylation sites (N-methyl/N-ethyl adjacent to an activating group) is 1. The van der Waals surface area contributed by atoms with E-state index in [0.717, 1.165) is 17.0 Å². The Kier molecular flexibility index (Phi) is 3.09. The van der Waals surface area contributed by atoms with Gasteiger partial charge in [-0.25, -0.2) is 0 Å². The number of anilines is 1. The summed E-state index contributed by atoms with van der Waals surface area (Å²) < 4.78 is 5.24. The zero-order chi connectivity index (χ0) is 14.4. The maximum Gasteiger partial charge on any atom is 0.237 e. The molecule has 1 aromatic rings. The number of carbonyl (C=O) groups excluding carboxylic acids is 1. The molecular formula is C15H21NO3. The molecule has 1 aromatic carbocycles. The second-order valence-corrected chi connectivity index (χ2v) is 6.07. The quantitative estimate of drug-likeness (QED) is 0.908. The Hall–Kier alpha value is -1.55. The fraction of sp³-hybridized carbons (Fsp3) is 0.533. The van der Waals surface area contributed by atoms with Gasteiger partial charge in [0.05, 0.1) is 18.1 Å². The molecule has 0 unspecified atom stereocenters. The number of fused-ring (bicyclic) bond motifs is 1. The minimum Gasteiger partial charge on any atom is -0.497 e. The van der Waals surface area contributed by atoms with Crippen LogP contribution in [0.1, 0.15) is 32.8 Å². The van der Waals surface area contributed by atoms with Crippen molar-refractivity contribution in [1.82, 2.24) is 0 Å². The van der Waals surface area contributed by atoms with Crippen LogP contribution in [0.2, 0.25) is 0 Å². The van der Waals surface area contributed by atoms with Crippen molar-refractivity contribution >= 4 is 11.6 Å². The Morgan fingerprint density at radius 1 is 1.42 bits per heavy atom. The second kappa shape index (κ2) is 4.23. The molecule has 0 fully saturated rings. The van der Waals surface area contributed by atoms with Crippen LogP contribution >= 0.6 is 0 Å². The van der Waals surface area contributed by atoms with Crippen LogP contribution in [0.5, 0.6) is 5.75 Å². The highest BCUT2D eigenvalue weighted by atomic mass is 16.5. The molecule has 104 valence electrons. The Labute approximate surface area is 114 Å². The highest BCUT2D eigenvalue weighted by Crippen LogP contribution is 2.46. The first-order chi connectivity index (χ1) is 8.69. The van der Waals surface area contributed by atoms with Crippen molar-refractivity contribution in [1.29, 1.82) is 0 Å². The van der Waals surface area contributed by atoms with Crippen molar-refractivity contribution in [2.45, 2.75) is 38.2 Å². The largest absolute Gasteiger partial charge is 0.497 e. The molecule has 1 aliphatic rings. The van der Waals surface area contributed by atoms with E-state index in [9.17, 15) is 9.90 Å². The maximum atomic E-state index is 12.5. The van der Waals surface area contributed by atoms with Gasteiger partial charge in [-0.15, -0.1) is 0 Å². The monoisotopic (exact) mass is 263 g/mol. The molecule has 1 atom stereocenters. The number of benzene rings is 1. The lowest BCUT2D eigenvalue weighted by atomic mass is 9.75. The molecule has 2 rings (SSSR count). The van der Waals surface area contributed by atoms with E-state index >= 15 is 0 Å². The lowest BCUT2D eigenvalue weighted by molar-refractivity contribution is -0.124. The predicted octanol–water partition coefficient (Wildman–Crippen LogP) is 2.09. The van der Waals surface area contributed by atoms with Gasteiger partial charge in [0, 0.05) is 12.7 Å². The van der Waals surface area contributed by atoms with Gasteiger partial charge in [-0.1, -0.05) is 0 Å². The average molecular weight is 263 g/mol. The van der Waals surface area contributed by atoms with Gasteiger partial charge < -0.3 is 14.7 Å². The summed E-state index contributed by atoms with van der Waals surface area (Å²) in [4.78, 5) is 14.2. The van der Waals surface area contributed by atoms with E-state index in [1.807, 2.05) is 25.1 Å². The van der Waals surface area contributed by atoms with Gasteiger partial charge in [0.1, 0.15) is 5.75 Å². The van der Waals surface area contributed by atoms with Gasteiger partial charge in [-0.3, -0.25) is 4.79 Å². The Morgan fingerprint density at radius 3 is 2.58 bits per heavy atom. The smallest absolute Gasteiger partial charge is 0.237 e. The first kappa shape index (κ1) is 13.9. The van der Waals surface area contributed by atoms with E-state index in [0.29, 0.717) is 6.42 Å². The number of carbonyl (C=O) groups is 1. The van der Waals surface area contributed by atoms with E-state index in [2.05, 4.69) is 0 Å². The summed E-state index contributed by atoms with van der Waals surface area (Å²) in [6.45, 7) is 5.34. The molecule has 19 heavy (non-hydrogen) atoms. The highest BCUT2D eigenvalue weighted by molar-refractivity contribution is 6.07. The highest BCUT2D eigenvalue weighted by Gasteiger charge is 2.48. The van der Waals surface area contributed by atoms with Crippen LogP contribution in [0.3, 0.4) is 0 Å². The van der Waals surface area contributed by atoms with E-state index < -0.39 is 11.0 Å². The van der Waals surface area contributed by atoms with Crippen molar-refractivity contribution in [2.24, 2.45) is 0 Å². The molecule has 0 saturated heterocycles. The SMILES string of the molecule is COc1ccc2c(c1)[C@](C)(CC(C)(C)O)C(=O)N2C. The molecule has 0 bridgehead atoms. The van der Waals surface area contributed by atoms with Crippen LogP contribution in [-0.2, 0) is 10.2 Å². The summed E-state index contributed by atoms with van der Waals surface area (Å²) in [5.74, 6) is 0.738. The molecule has 0 saturated carbocycles. The number of hydrogen-bond donors (Lipinski definition) is 1. The molecule has 0 aromatic heterocycles. The lowest BCUT2D eigenvalue weighted by Gasteiger charge is -2.30. The molecule has 4 nitrogen and oxygen atoms in total. The molecule has 1 heterocycles. The first-order valence-electron chi connectivity index (χ1n) is 6.38. The Bertz CT molecular complexity index is 519. The van der Waals surface area contributed by atoms with Gasteiger partial charge in [-0.05, 0) is 51.0 Å². The third kappa shape index (κ3) is 2.21. The molecule has 0 radical (unpaired) electrons. The lowest BCUT2D eigenvalue weighted by Crippen LogP contribution is -2.41. The van der Waals surface area contributed by atoms with Crippen molar-refractivity contribution in [3.8, 4) is 5.75 Å². The minimum atomic E-state index is -0.907. The summed E-state index contributed by atoms with van der Waals surface area (Å²) in [7, 11) is 3.37. The van der Waals surface area contributed by atoms with Gasteiger partial charge in [0.25, 0.3) is 0 Å². The molecular weight excluding hydrogens is 242 g/mol. The van der Waals surface area contributed by atoms with Crippen LogP contribution in [0.25, 0.3) is 0 Å². The van der Waals surface area contributed by atoms with Gasteiger partial charge in [0.2, 0.25) is 5.91 Å². The van der Waals surface area contributed by atoms with E-state index in [1.165, 1.54) is 0 Å². The number of amides is 1. The molecule has 1 aliphatic heterocycles. The number of aliphatic hydroxyl groups is 1. The minimum absolute atomic E-state index is 0.0119. The second-order valence-electron chi connectivity index (χ2n) is 6.07. The van der Waals surface area contributed by atoms with Crippen LogP contribution in [0.4, 0.5) is 5.69 Å². The molecule has 4 heteroatoms. The van der Waals surface area contributed by atoms with Gasteiger partial charge >= 0.3 is 0 Å². The van der Waals surface area contributed by atoms with Crippen LogP contribution in [0.15, 0.2) is 18.2 Å². The van der Waals surface area contributed by atoms with Gasteiger partial charge in [-0.2, -0.15) is 0 Å². The van der Waals surface area contributed by atoms with Crippen LogP contribution in [0, 0.1) is 0 Å². The molecule has 1 N–H and O–H groups in total. The topological polar surface area (TPSA) is 49.8 Å². The molecule has 1 amide bonds. The van der Waals surface area contributed by atoms with Crippen LogP contribution in [-0.4, -0.2) is 30.8 Å². The fourth-order valence-corrected chi connectivity index (χ4v) is 3.01. The van der Waals surface area contributed by atoms with E-state index in [-0.39, 0.29) is 5.91 Å². The normalized spacial score (nSPS) is 22.6. The third-order valence-corrected chi connectivity index (χ3v) is 3.72. The van der Waals surface area contributed by atoms with Crippen molar-refractivity contribution in [3.05, 3.63) is 23.8 Å². The average Bonchev–Trinajstić information content (AvgIpc) is 2.49.